The lowest BCUT2D eigenvalue weighted by molar-refractivity contribution is 0.682. The number of halogens is 2. The Morgan fingerprint density at radius 1 is 1.57 bits per heavy atom. The van der Waals surface area contributed by atoms with Crippen LogP contribution in [0.1, 0.15) is 10.7 Å². The van der Waals surface area contributed by atoms with Crippen molar-refractivity contribution in [3.8, 4) is 0 Å². The predicted molar refractivity (Wildman–Crippen MR) is 65.7 cm³/mol. The molecule has 74 valence electrons. The summed E-state index contributed by atoms with van der Waals surface area (Å²) in [7, 11) is 0. The Morgan fingerprint density at radius 2 is 2.43 bits per heavy atom. The van der Waals surface area contributed by atoms with E-state index in [9.17, 15) is 0 Å². The van der Waals surface area contributed by atoms with Crippen LogP contribution >= 0.6 is 45.5 Å². The Hall–Kier alpha value is -0.140. The van der Waals surface area contributed by atoms with E-state index in [1.54, 1.807) is 11.3 Å². The number of thiazole rings is 1. The molecule has 0 N–H and O–H groups in total. The summed E-state index contributed by atoms with van der Waals surface area (Å²) < 4.78 is 3.01. The zero-order valence-electron chi connectivity index (χ0n) is 7.15. The van der Waals surface area contributed by atoms with Crippen LogP contribution in [0.4, 0.5) is 0 Å². The van der Waals surface area contributed by atoms with Gasteiger partial charge in [0, 0.05) is 11.6 Å². The molecule has 0 amide bonds. The minimum absolute atomic E-state index is 0.479. The molecule has 6 heteroatoms. The van der Waals surface area contributed by atoms with Gasteiger partial charge in [-0.15, -0.1) is 22.9 Å². The largest absolute Gasteiger partial charge is 0.265 e. The molecule has 2 aromatic heterocycles. The summed E-state index contributed by atoms with van der Waals surface area (Å²) in [6.07, 6.45) is 3.82. The zero-order valence-corrected chi connectivity index (χ0v) is 10.9. The molecule has 2 heterocycles. The van der Waals surface area contributed by atoms with Crippen molar-refractivity contribution in [2.45, 2.75) is 12.4 Å². The molecule has 14 heavy (non-hydrogen) atoms. The van der Waals surface area contributed by atoms with Crippen LogP contribution < -0.4 is 0 Å². The van der Waals surface area contributed by atoms with Gasteiger partial charge in [-0.25, -0.2) is 4.98 Å². The first kappa shape index (κ1) is 10.4. The van der Waals surface area contributed by atoms with Crippen LogP contribution in [0.2, 0.25) is 0 Å². The van der Waals surface area contributed by atoms with E-state index >= 15 is 0 Å². The lowest BCUT2D eigenvalue weighted by atomic mass is 10.5. The minimum atomic E-state index is 0.479. The topological polar surface area (TPSA) is 30.7 Å². The van der Waals surface area contributed by atoms with E-state index in [1.165, 1.54) is 0 Å². The Morgan fingerprint density at radius 3 is 3.00 bits per heavy atom. The van der Waals surface area contributed by atoms with Crippen LogP contribution in [0.15, 0.2) is 17.8 Å². The fraction of sp³-hybridized carbons (Fsp3) is 0.250. The van der Waals surface area contributed by atoms with Crippen LogP contribution in [-0.2, 0) is 12.4 Å². The molecule has 0 aliphatic rings. The fourth-order valence-corrected chi connectivity index (χ4v) is 2.51. The molecule has 0 unspecified atom stereocenters. The van der Waals surface area contributed by atoms with E-state index < -0.39 is 0 Å². The number of nitrogens with zero attached hydrogens (tertiary/aromatic N) is 3. The summed E-state index contributed by atoms with van der Waals surface area (Å²) in [6.45, 7) is 0.727. The maximum absolute atomic E-state index is 5.67. The third-order valence-electron chi connectivity index (χ3n) is 1.64. The molecule has 0 fully saturated rings. The first-order chi connectivity index (χ1) is 6.78. The van der Waals surface area contributed by atoms with Gasteiger partial charge in [0.2, 0.25) is 0 Å². The second-order valence-electron chi connectivity index (χ2n) is 2.72. The standard InChI is InChI=1S/C8H7ClIN3S/c9-1-7-5-14-8(12-7)4-13-3-6(10)2-11-13/h2-3,5H,1,4H2. The Bertz CT molecular complexity index is 426. The molecule has 0 spiro atoms. The maximum Gasteiger partial charge on any atom is 0.114 e. The molecule has 2 aromatic rings. The Labute approximate surface area is 104 Å². The molecule has 0 atom stereocenters. The van der Waals surface area contributed by atoms with Crippen LogP contribution in [-0.4, -0.2) is 14.8 Å². The summed E-state index contributed by atoms with van der Waals surface area (Å²) >= 11 is 9.52. The smallest absolute Gasteiger partial charge is 0.114 e. The summed E-state index contributed by atoms with van der Waals surface area (Å²) in [5, 5.41) is 7.21. The monoisotopic (exact) mass is 339 g/mol. The highest BCUT2D eigenvalue weighted by Gasteiger charge is 2.02. The number of alkyl halides is 1. The van der Waals surface area contributed by atoms with Crippen molar-refractivity contribution < 1.29 is 0 Å². The lowest BCUT2D eigenvalue weighted by Gasteiger charge is -1.95. The van der Waals surface area contributed by atoms with E-state index in [4.69, 9.17) is 11.6 Å². The molecule has 3 nitrogen and oxygen atoms in total. The molecule has 0 bridgehead atoms. The average Bonchev–Trinajstić information content (AvgIpc) is 2.76. The summed E-state index contributed by atoms with van der Waals surface area (Å²) in [5.41, 5.74) is 0.938. The second kappa shape index (κ2) is 4.59. The lowest BCUT2D eigenvalue weighted by Crippen LogP contribution is -1.99. The summed E-state index contributed by atoms with van der Waals surface area (Å²) in [5.74, 6) is 0.479. The van der Waals surface area contributed by atoms with Gasteiger partial charge in [0.25, 0.3) is 0 Å². The van der Waals surface area contributed by atoms with Gasteiger partial charge >= 0.3 is 0 Å². The highest BCUT2D eigenvalue weighted by molar-refractivity contribution is 14.1. The van der Waals surface area contributed by atoms with Gasteiger partial charge in [0.05, 0.1) is 27.9 Å². The zero-order chi connectivity index (χ0) is 9.97. The van der Waals surface area contributed by atoms with Crippen molar-refractivity contribution in [2.24, 2.45) is 0 Å². The van der Waals surface area contributed by atoms with Gasteiger partial charge in [-0.2, -0.15) is 5.10 Å². The summed E-state index contributed by atoms with van der Waals surface area (Å²) in [6, 6.07) is 0. The Kier molecular flexibility index (Phi) is 3.40. The molecular formula is C8H7ClIN3S. The Balaban J connectivity index is 2.10. The number of hydrogen-bond acceptors (Lipinski definition) is 3. The number of rotatable bonds is 3. The van der Waals surface area contributed by atoms with Gasteiger partial charge in [-0.05, 0) is 22.6 Å². The van der Waals surface area contributed by atoms with E-state index in [2.05, 4.69) is 32.7 Å². The van der Waals surface area contributed by atoms with Gasteiger partial charge < -0.3 is 0 Å². The second-order valence-corrected chi connectivity index (χ2v) is 5.18. The predicted octanol–water partition coefficient (Wildman–Crippen LogP) is 2.73. The van der Waals surface area contributed by atoms with E-state index in [-0.39, 0.29) is 0 Å². The maximum atomic E-state index is 5.67. The SMILES string of the molecule is ClCc1csc(Cn2cc(I)cn2)n1. The van der Waals surface area contributed by atoms with Gasteiger partial charge in [0.15, 0.2) is 0 Å². The molecule has 0 aromatic carbocycles. The molecule has 0 aliphatic heterocycles. The molecule has 0 aliphatic carbocycles. The van der Waals surface area contributed by atoms with Crippen molar-refractivity contribution >= 4 is 45.5 Å². The van der Waals surface area contributed by atoms with Crippen molar-refractivity contribution in [3.63, 3.8) is 0 Å². The van der Waals surface area contributed by atoms with E-state index in [0.717, 1.165) is 20.8 Å². The number of hydrogen-bond donors (Lipinski definition) is 0. The van der Waals surface area contributed by atoms with Crippen molar-refractivity contribution in [3.05, 3.63) is 32.0 Å². The van der Waals surface area contributed by atoms with Crippen LogP contribution in [0.25, 0.3) is 0 Å². The molecule has 0 saturated heterocycles. The highest BCUT2D eigenvalue weighted by atomic mass is 127. The van der Waals surface area contributed by atoms with Gasteiger partial charge in [-0.3, -0.25) is 4.68 Å². The third-order valence-corrected chi connectivity index (χ3v) is 3.35. The normalized spacial score (nSPS) is 10.7. The van der Waals surface area contributed by atoms with Gasteiger partial charge in [-0.1, -0.05) is 0 Å². The molecule has 0 saturated carbocycles. The van der Waals surface area contributed by atoms with Crippen LogP contribution in [0, 0.1) is 3.57 Å². The highest BCUT2D eigenvalue weighted by Crippen LogP contribution is 2.13. The quantitative estimate of drug-likeness (QED) is 0.636. The van der Waals surface area contributed by atoms with Crippen molar-refractivity contribution in [2.75, 3.05) is 0 Å². The molecule has 0 radical (unpaired) electrons. The first-order valence-corrected chi connectivity index (χ1v) is 6.44. The van der Waals surface area contributed by atoms with Crippen molar-refractivity contribution in [1.29, 1.82) is 0 Å². The number of aromatic nitrogens is 3. The average molecular weight is 340 g/mol. The van der Waals surface area contributed by atoms with Gasteiger partial charge in [0.1, 0.15) is 5.01 Å². The third kappa shape index (κ3) is 2.46. The van der Waals surface area contributed by atoms with Crippen LogP contribution in [0.5, 0.6) is 0 Å². The first-order valence-electron chi connectivity index (χ1n) is 3.95. The van der Waals surface area contributed by atoms with E-state index in [0.29, 0.717) is 5.88 Å². The van der Waals surface area contributed by atoms with Crippen molar-refractivity contribution in [1.82, 2.24) is 14.8 Å². The van der Waals surface area contributed by atoms with E-state index in [1.807, 2.05) is 22.5 Å². The fourth-order valence-electron chi connectivity index (χ4n) is 1.05. The molecular weight excluding hydrogens is 333 g/mol. The summed E-state index contributed by atoms with van der Waals surface area (Å²) in [4.78, 5) is 4.36. The van der Waals surface area contributed by atoms with Crippen LogP contribution in [0.3, 0.4) is 0 Å². The minimum Gasteiger partial charge on any atom is -0.265 e. The molecule has 2 rings (SSSR count).